The van der Waals surface area contributed by atoms with Crippen LogP contribution < -0.4 is 21.5 Å². The summed E-state index contributed by atoms with van der Waals surface area (Å²) in [6.07, 6.45) is 7.39. The van der Waals surface area contributed by atoms with E-state index in [1.807, 2.05) is 6.92 Å². The molecule has 2 heterocycles. The predicted octanol–water partition coefficient (Wildman–Crippen LogP) is 2.68. The number of nitrogens with one attached hydrogen (secondary N) is 4. The molecular weight excluding hydrogens is 402 g/mol. The lowest BCUT2D eigenvalue weighted by Crippen LogP contribution is -2.31. The number of H-pyrrole nitrogens is 1. The zero-order chi connectivity index (χ0) is 21.1. The Morgan fingerprint density at radius 2 is 2.13 bits per heavy atom. The molecule has 1 fully saturated rings. The molecule has 0 bridgehead atoms. The number of amides is 2. The van der Waals surface area contributed by atoms with Crippen LogP contribution in [0.5, 0.6) is 0 Å². The molecule has 4 rings (SSSR count). The van der Waals surface area contributed by atoms with Crippen LogP contribution >= 0.6 is 11.3 Å². The molecule has 4 N–H and O–H groups in total. The van der Waals surface area contributed by atoms with Crippen LogP contribution in [-0.2, 0) is 17.6 Å². The fourth-order valence-electron chi connectivity index (χ4n) is 3.74. The Labute approximate surface area is 178 Å². The van der Waals surface area contributed by atoms with Gasteiger partial charge in [0.15, 0.2) is 0 Å². The molecule has 30 heavy (non-hydrogen) atoms. The summed E-state index contributed by atoms with van der Waals surface area (Å²) < 4.78 is 0. The molecule has 160 valence electrons. The van der Waals surface area contributed by atoms with Crippen molar-refractivity contribution >= 4 is 34.1 Å². The van der Waals surface area contributed by atoms with Crippen LogP contribution in [0.4, 0.5) is 10.9 Å². The Morgan fingerprint density at radius 1 is 1.30 bits per heavy atom. The average Bonchev–Trinajstić information content (AvgIpc) is 3.47. The second kappa shape index (κ2) is 8.99. The quantitative estimate of drug-likeness (QED) is 0.515. The highest BCUT2D eigenvalue weighted by Crippen LogP contribution is 2.39. The first-order valence-electron chi connectivity index (χ1n) is 10.6. The van der Waals surface area contributed by atoms with Crippen molar-refractivity contribution in [2.75, 3.05) is 17.2 Å². The molecule has 1 atom stereocenters. The second-order valence-electron chi connectivity index (χ2n) is 8.02. The van der Waals surface area contributed by atoms with E-state index >= 15 is 0 Å². The summed E-state index contributed by atoms with van der Waals surface area (Å²) in [4.78, 5) is 44.8. The molecule has 9 heteroatoms. The van der Waals surface area contributed by atoms with Gasteiger partial charge in [0.05, 0.1) is 5.56 Å². The molecule has 2 aliphatic carbocycles. The lowest BCUT2D eigenvalue weighted by molar-refractivity contribution is -0.116. The van der Waals surface area contributed by atoms with Gasteiger partial charge in [0.2, 0.25) is 11.9 Å². The van der Waals surface area contributed by atoms with Crippen LogP contribution in [0, 0.1) is 5.92 Å². The highest BCUT2D eigenvalue weighted by Gasteiger charge is 2.31. The van der Waals surface area contributed by atoms with E-state index in [1.165, 1.54) is 17.4 Å². The van der Waals surface area contributed by atoms with Gasteiger partial charge in [-0.3, -0.25) is 14.4 Å². The fraction of sp³-hybridized carbons (Fsp3) is 0.524. The van der Waals surface area contributed by atoms with Gasteiger partial charge in [-0.15, -0.1) is 11.3 Å². The smallest absolute Gasteiger partial charge is 0.274 e. The number of hydrogen-bond donors (Lipinski definition) is 4. The van der Waals surface area contributed by atoms with Crippen molar-refractivity contribution in [3.05, 3.63) is 38.6 Å². The van der Waals surface area contributed by atoms with E-state index in [0.717, 1.165) is 42.5 Å². The lowest BCUT2D eigenvalue weighted by Gasteiger charge is -2.24. The van der Waals surface area contributed by atoms with Gasteiger partial charge in [-0.2, -0.15) is 4.98 Å². The minimum absolute atomic E-state index is 0.0480. The summed E-state index contributed by atoms with van der Waals surface area (Å²) in [6, 6.07) is 1.42. The number of aromatic nitrogens is 2. The fourth-order valence-corrected chi connectivity index (χ4v) is 5.00. The van der Waals surface area contributed by atoms with Crippen molar-refractivity contribution in [2.24, 2.45) is 5.92 Å². The van der Waals surface area contributed by atoms with Crippen molar-refractivity contribution in [3.63, 3.8) is 0 Å². The lowest BCUT2D eigenvalue weighted by atomic mass is 9.91. The predicted molar refractivity (Wildman–Crippen MR) is 117 cm³/mol. The third-order valence-corrected chi connectivity index (χ3v) is 6.68. The maximum absolute atomic E-state index is 13.0. The maximum atomic E-state index is 13.0. The zero-order valence-corrected chi connectivity index (χ0v) is 17.9. The molecule has 2 aromatic rings. The largest absolute Gasteiger partial charge is 0.353 e. The van der Waals surface area contributed by atoms with Gasteiger partial charge in [0.1, 0.15) is 5.00 Å². The van der Waals surface area contributed by atoms with Gasteiger partial charge in [-0.1, -0.05) is 6.92 Å². The monoisotopic (exact) mass is 429 g/mol. The number of aryl methyl sites for hydroxylation is 1. The van der Waals surface area contributed by atoms with Crippen molar-refractivity contribution in [3.8, 4) is 0 Å². The summed E-state index contributed by atoms with van der Waals surface area (Å²) in [5.74, 6) is 0.838. The zero-order valence-electron chi connectivity index (χ0n) is 17.0. The Kier molecular flexibility index (Phi) is 6.17. The van der Waals surface area contributed by atoms with Crippen LogP contribution in [0.25, 0.3) is 0 Å². The average molecular weight is 430 g/mol. The van der Waals surface area contributed by atoms with E-state index in [4.69, 9.17) is 0 Å². The number of rotatable bonds is 8. The maximum Gasteiger partial charge on any atom is 0.274 e. The molecule has 0 aliphatic heterocycles. The van der Waals surface area contributed by atoms with E-state index in [1.54, 1.807) is 6.20 Å². The van der Waals surface area contributed by atoms with E-state index in [0.29, 0.717) is 41.8 Å². The van der Waals surface area contributed by atoms with E-state index in [2.05, 4.69) is 25.9 Å². The first kappa shape index (κ1) is 20.6. The molecule has 0 spiro atoms. The SMILES string of the molecule is CCCC(=O)Nc1sc2c(c1C(=O)NCC1CC1)CC(Nc1nc(=O)cc[nH]1)CC2. The van der Waals surface area contributed by atoms with E-state index in [9.17, 15) is 14.4 Å². The summed E-state index contributed by atoms with van der Waals surface area (Å²) >= 11 is 1.51. The minimum Gasteiger partial charge on any atom is -0.353 e. The summed E-state index contributed by atoms with van der Waals surface area (Å²) in [5.41, 5.74) is 1.28. The molecule has 2 amide bonds. The van der Waals surface area contributed by atoms with Gasteiger partial charge >= 0.3 is 0 Å². The van der Waals surface area contributed by atoms with Crippen molar-refractivity contribution in [1.29, 1.82) is 0 Å². The van der Waals surface area contributed by atoms with Crippen LogP contribution in [0.3, 0.4) is 0 Å². The summed E-state index contributed by atoms with van der Waals surface area (Å²) in [5, 5.41) is 9.94. The van der Waals surface area contributed by atoms with Crippen LogP contribution in [-0.4, -0.2) is 34.4 Å². The molecule has 1 unspecified atom stereocenters. The molecule has 0 aromatic carbocycles. The van der Waals surface area contributed by atoms with Crippen molar-refractivity contribution in [2.45, 2.75) is 57.9 Å². The van der Waals surface area contributed by atoms with Gasteiger partial charge in [-0.25, -0.2) is 0 Å². The number of thiophene rings is 1. The Balaban J connectivity index is 1.56. The van der Waals surface area contributed by atoms with Crippen LogP contribution in [0.1, 0.15) is 59.8 Å². The van der Waals surface area contributed by atoms with Crippen LogP contribution in [0.2, 0.25) is 0 Å². The van der Waals surface area contributed by atoms with Gasteiger partial charge in [-0.05, 0) is 50.0 Å². The van der Waals surface area contributed by atoms with Gasteiger partial charge < -0.3 is 20.9 Å². The molecule has 1 saturated carbocycles. The highest BCUT2D eigenvalue weighted by molar-refractivity contribution is 7.17. The number of hydrogen-bond acceptors (Lipinski definition) is 6. The Hall–Kier alpha value is -2.68. The molecule has 0 saturated heterocycles. The third kappa shape index (κ3) is 4.89. The number of nitrogens with zero attached hydrogens (tertiary/aromatic N) is 1. The highest BCUT2D eigenvalue weighted by atomic mass is 32.1. The molecule has 0 radical (unpaired) electrons. The van der Waals surface area contributed by atoms with Crippen molar-refractivity contribution < 1.29 is 9.59 Å². The number of carbonyl (C=O) groups is 2. The minimum atomic E-state index is -0.302. The normalized spacial score (nSPS) is 17.8. The Bertz CT molecular complexity index is 995. The van der Waals surface area contributed by atoms with Gasteiger partial charge in [0.25, 0.3) is 11.5 Å². The molecule has 2 aromatic heterocycles. The second-order valence-corrected chi connectivity index (χ2v) is 9.13. The Morgan fingerprint density at radius 3 is 2.87 bits per heavy atom. The first-order chi connectivity index (χ1) is 14.5. The van der Waals surface area contributed by atoms with E-state index in [-0.39, 0.29) is 23.4 Å². The summed E-state index contributed by atoms with van der Waals surface area (Å²) in [6.45, 7) is 2.64. The van der Waals surface area contributed by atoms with Crippen LogP contribution in [0.15, 0.2) is 17.1 Å². The number of carbonyl (C=O) groups excluding carboxylic acids is 2. The van der Waals surface area contributed by atoms with Gasteiger partial charge in [0, 0.05) is 36.1 Å². The molecule has 8 nitrogen and oxygen atoms in total. The molecule has 2 aliphatic rings. The number of aromatic amines is 1. The third-order valence-electron chi connectivity index (χ3n) is 5.48. The first-order valence-corrected chi connectivity index (χ1v) is 11.4. The molecular formula is C21H27N5O3S. The standard InChI is InChI=1S/C21H27N5O3S/c1-2-3-16(27)25-20-18(19(29)23-11-12-4-5-12)14-10-13(6-7-15(14)30-20)24-21-22-9-8-17(28)26-21/h8-9,12-13H,2-7,10-11H2,1H3,(H,23,29)(H,25,27)(H2,22,24,26,28). The topological polar surface area (TPSA) is 116 Å². The number of anilines is 2. The number of fused-ring (bicyclic) bond motifs is 1. The van der Waals surface area contributed by atoms with E-state index < -0.39 is 0 Å². The summed E-state index contributed by atoms with van der Waals surface area (Å²) in [7, 11) is 0. The van der Waals surface area contributed by atoms with Crippen molar-refractivity contribution in [1.82, 2.24) is 15.3 Å².